The number of carbonyl (C=O) groups is 1. The molecule has 0 atom stereocenters. The van der Waals surface area contributed by atoms with Crippen molar-refractivity contribution in [1.82, 2.24) is 4.90 Å². The predicted molar refractivity (Wildman–Crippen MR) is 114 cm³/mol. The standard InChI is InChI=1S/C21H20FNO3S2/c1-3-10-23-20(24)19(28-21(23)27)12-14-8-9-17(25-2)18(11-14)26-13-15-6-4-5-7-16(15)22/h4-9,11-12H,3,10,13H2,1-2H3/b19-12+. The average molecular weight is 418 g/mol. The van der Waals surface area contributed by atoms with Crippen molar-refractivity contribution in [3.63, 3.8) is 0 Å². The third-order valence-electron chi connectivity index (χ3n) is 4.15. The molecular weight excluding hydrogens is 397 g/mol. The van der Waals surface area contributed by atoms with Crippen LogP contribution in [0.15, 0.2) is 47.4 Å². The highest BCUT2D eigenvalue weighted by molar-refractivity contribution is 8.26. The van der Waals surface area contributed by atoms with Gasteiger partial charge in [-0.1, -0.05) is 55.2 Å². The first-order valence-electron chi connectivity index (χ1n) is 8.83. The zero-order valence-electron chi connectivity index (χ0n) is 15.6. The summed E-state index contributed by atoms with van der Waals surface area (Å²) in [5.41, 5.74) is 1.23. The summed E-state index contributed by atoms with van der Waals surface area (Å²) >= 11 is 6.59. The third kappa shape index (κ3) is 4.54. The minimum absolute atomic E-state index is 0.0745. The van der Waals surface area contributed by atoms with Gasteiger partial charge in [-0.05, 0) is 36.3 Å². The van der Waals surface area contributed by atoms with E-state index in [4.69, 9.17) is 21.7 Å². The number of thiocarbonyl (C=S) groups is 1. The number of ether oxygens (including phenoxy) is 2. The monoisotopic (exact) mass is 417 g/mol. The van der Waals surface area contributed by atoms with Gasteiger partial charge in [0.15, 0.2) is 11.5 Å². The first-order valence-corrected chi connectivity index (χ1v) is 10.1. The van der Waals surface area contributed by atoms with Crippen molar-refractivity contribution in [2.75, 3.05) is 13.7 Å². The van der Waals surface area contributed by atoms with E-state index in [9.17, 15) is 9.18 Å². The van der Waals surface area contributed by atoms with Crippen molar-refractivity contribution in [2.24, 2.45) is 0 Å². The summed E-state index contributed by atoms with van der Waals surface area (Å²) in [5.74, 6) is 0.606. The highest BCUT2D eigenvalue weighted by Crippen LogP contribution is 2.35. The molecule has 0 radical (unpaired) electrons. The lowest BCUT2D eigenvalue weighted by Crippen LogP contribution is -2.28. The van der Waals surface area contributed by atoms with E-state index in [-0.39, 0.29) is 18.3 Å². The molecule has 0 unspecified atom stereocenters. The van der Waals surface area contributed by atoms with Crippen molar-refractivity contribution < 1.29 is 18.7 Å². The van der Waals surface area contributed by atoms with Crippen LogP contribution in [-0.2, 0) is 11.4 Å². The van der Waals surface area contributed by atoms with Crippen molar-refractivity contribution in [1.29, 1.82) is 0 Å². The van der Waals surface area contributed by atoms with Crippen LogP contribution in [0.4, 0.5) is 4.39 Å². The van der Waals surface area contributed by atoms with Crippen LogP contribution in [0.25, 0.3) is 6.08 Å². The molecule has 2 aromatic carbocycles. The van der Waals surface area contributed by atoms with Crippen LogP contribution < -0.4 is 9.47 Å². The number of benzene rings is 2. The van der Waals surface area contributed by atoms with E-state index in [0.717, 1.165) is 12.0 Å². The zero-order chi connectivity index (χ0) is 20.1. The van der Waals surface area contributed by atoms with Crippen molar-refractivity contribution in [3.8, 4) is 11.5 Å². The van der Waals surface area contributed by atoms with Crippen LogP contribution in [0.2, 0.25) is 0 Å². The molecule has 0 spiro atoms. The van der Waals surface area contributed by atoms with Crippen molar-refractivity contribution in [3.05, 3.63) is 64.3 Å². The minimum Gasteiger partial charge on any atom is -0.493 e. The average Bonchev–Trinajstić information content (AvgIpc) is 2.95. The Hall–Kier alpha value is -2.38. The SMILES string of the molecule is CCCN1C(=O)/C(=C\c2ccc(OC)c(OCc3ccccc3F)c2)SC1=S. The summed E-state index contributed by atoms with van der Waals surface area (Å²) in [6.07, 6.45) is 2.63. The van der Waals surface area contributed by atoms with E-state index in [1.165, 1.54) is 17.8 Å². The van der Waals surface area contributed by atoms with Crippen LogP contribution >= 0.6 is 24.0 Å². The number of carbonyl (C=O) groups excluding carboxylic acids is 1. The fourth-order valence-electron chi connectivity index (χ4n) is 2.73. The second-order valence-corrected chi connectivity index (χ2v) is 7.80. The maximum absolute atomic E-state index is 13.8. The number of thioether (sulfide) groups is 1. The molecule has 7 heteroatoms. The van der Waals surface area contributed by atoms with Crippen LogP contribution in [0.5, 0.6) is 11.5 Å². The Morgan fingerprint density at radius 3 is 2.71 bits per heavy atom. The lowest BCUT2D eigenvalue weighted by Gasteiger charge is -2.12. The smallest absolute Gasteiger partial charge is 0.266 e. The summed E-state index contributed by atoms with van der Waals surface area (Å²) in [6, 6.07) is 11.8. The van der Waals surface area contributed by atoms with Gasteiger partial charge in [0.1, 0.15) is 16.7 Å². The van der Waals surface area contributed by atoms with Gasteiger partial charge in [-0.25, -0.2) is 4.39 Å². The number of amides is 1. The summed E-state index contributed by atoms with van der Waals surface area (Å²) in [6.45, 7) is 2.69. The molecule has 0 N–H and O–H groups in total. The molecule has 1 heterocycles. The first kappa shape index (κ1) is 20.4. The Labute approximate surface area is 173 Å². The Balaban J connectivity index is 1.82. The predicted octanol–water partition coefficient (Wildman–Crippen LogP) is 5.02. The maximum Gasteiger partial charge on any atom is 0.266 e. The van der Waals surface area contributed by atoms with Crippen molar-refractivity contribution in [2.45, 2.75) is 20.0 Å². The molecule has 0 saturated carbocycles. The number of methoxy groups -OCH3 is 1. The Kier molecular flexibility index (Phi) is 6.70. The topological polar surface area (TPSA) is 38.8 Å². The van der Waals surface area contributed by atoms with Crippen molar-refractivity contribution >= 4 is 40.3 Å². The second-order valence-electron chi connectivity index (χ2n) is 6.12. The second kappa shape index (κ2) is 9.21. The largest absolute Gasteiger partial charge is 0.493 e. The summed E-state index contributed by atoms with van der Waals surface area (Å²) in [5, 5.41) is 0. The quantitative estimate of drug-likeness (QED) is 0.467. The van der Waals surface area contributed by atoms with E-state index in [2.05, 4.69) is 0 Å². The Morgan fingerprint density at radius 1 is 1.21 bits per heavy atom. The molecule has 146 valence electrons. The van der Waals surface area contributed by atoms with Crippen LogP contribution in [-0.4, -0.2) is 28.8 Å². The van der Waals surface area contributed by atoms with Gasteiger partial charge < -0.3 is 9.47 Å². The minimum atomic E-state index is -0.322. The summed E-state index contributed by atoms with van der Waals surface area (Å²) in [4.78, 5) is 14.7. The molecule has 1 fully saturated rings. The van der Waals surface area contributed by atoms with Gasteiger partial charge in [-0.3, -0.25) is 9.69 Å². The number of rotatable bonds is 7. The Morgan fingerprint density at radius 2 is 2.00 bits per heavy atom. The molecule has 1 amide bonds. The van der Waals surface area contributed by atoms with Gasteiger partial charge in [-0.15, -0.1) is 0 Å². The molecule has 0 bridgehead atoms. The highest BCUT2D eigenvalue weighted by atomic mass is 32.2. The molecule has 3 rings (SSSR count). The van der Waals surface area contributed by atoms with E-state index < -0.39 is 0 Å². The summed E-state index contributed by atoms with van der Waals surface area (Å²) < 4.78 is 25.5. The molecular formula is C21H20FNO3S2. The van der Waals surface area contributed by atoms with Gasteiger partial charge in [0, 0.05) is 12.1 Å². The van der Waals surface area contributed by atoms with E-state index in [1.807, 2.05) is 13.0 Å². The van der Waals surface area contributed by atoms with Gasteiger partial charge >= 0.3 is 0 Å². The molecule has 0 aliphatic carbocycles. The van der Waals surface area contributed by atoms with Gasteiger partial charge in [-0.2, -0.15) is 0 Å². The van der Waals surface area contributed by atoms with E-state index >= 15 is 0 Å². The van der Waals surface area contributed by atoms with Crippen LogP contribution in [0.1, 0.15) is 24.5 Å². The van der Waals surface area contributed by atoms with Crippen LogP contribution in [0, 0.1) is 5.82 Å². The lowest BCUT2D eigenvalue weighted by atomic mass is 10.1. The molecule has 28 heavy (non-hydrogen) atoms. The fraction of sp³-hybridized carbons (Fsp3) is 0.238. The van der Waals surface area contributed by atoms with Crippen LogP contribution in [0.3, 0.4) is 0 Å². The van der Waals surface area contributed by atoms with Gasteiger partial charge in [0.25, 0.3) is 5.91 Å². The highest BCUT2D eigenvalue weighted by Gasteiger charge is 2.31. The molecule has 1 aliphatic rings. The summed E-state index contributed by atoms with van der Waals surface area (Å²) in [7, 11) is 1.54. The normalized spacial score (nSPS) is 15.4. The van der Waals surface area contributed by atoms with E-state index in [1.54, 1.807) is 48.4 Å². The van der Waals surface area contributed by atoms with Gasteiger partial charge in [0.2, 0.25) is 0 Å². The first-order chi connectivity index (χ1) is 13.5. The molecule has 1 saturated heterocycles. The maximum atomic E-state index is 13.8. The number of hydrogen-bond acceptors (Lipinski definition) is 5. The van der Waals surface area contributed by atoms with Gasteiger partial charge in [0.05, 0.1) is 12.0 Å². The zero-order valence-corrected chi connectivity index (χ0v) is 17.2. The lowest BCUT2D eigenvalue weighted by molar-refractivity contribution is -0.122. The fourth-order valence-corrected chi connectivity index (χ4v) is 4.04. The Bertz CT molecular complexity index is 930. The number of nitrogens with zero attached hydrogens (tertiary/aromatic N) is 1. The molecule has 1 aliphatic heterocycles. The van der Waals surface area contributed by atoms with E-state index in [0.29, 0.717) is 32.8 Å². The molecule has 0 aromatic heterocycles. The third-order valence-corrected chi connectivity index (χ3v) is 5.53. The number of hydrogen-bond donors (Lipinski definition) is 0. The molecule has 2 aromatic rings. The molecule has 4 nitrogen and oxygen atoms in total. The number of halogens is 1.